The molecular formula is C19H21FN4O. The van der Waals surface area contributed by atoms with Crippen molar-refractivity contribution in [3.63, 3.8) is 0 Å². The molecule has 25 heavy (non-hydrogen) atoms. The largest absolute Gasteiger partial charge is 0.356 e. The number of hydrogen-bond acceptors (Lipinski definition) is 4. The van der Waals surface area contributed by atoms with Gasteiger partial charge in [-0.1, -0.05) is 0 Å². The van der Waals surface area contributed by atoms with Crippen molar-refractivity contribution in [3.8, 4) is 11.4 Å². The van der Waals surface area contributed by atoms with E-state index in [0.717, 1.165) is 43.6 Å². The molecule has 2 aliphatic rings. The molecule has 1 aromatic heterocycles. The van der Waals surface area contributed by atoms with Gasteiger partial charge in [-0.05, 0) is 56.0 Å². The molecule has 1 amide bonds. The molecule has 5 nitrogen and oxygen atoms in total. The topological polar surface area (TPSA) is 58.1 Å². The highest BCUT2D eigenvalue weighted by atomic mass is 19.1. The van der Waals surface area contributed by atoms with E-state index in [1.165, 1.54) is 12.1 Å². The zero-order valence-electron chi connectivity index (χ0n) is 14.0. The lowest BCUT2D eigenvalue weighted by Gasteiger charge is -2.33. The number of anilines is 1. The summed E-state index contributed by atoms with van der Waals surface area (Å²) in [5, 5.41) is 3.10. The number of nitrogens with one attached hydrogen (secondary N) is 1. The maximum atomic E-state index is 13.1. The maximum absolute atomic E-state index is 13.1. The monoisotopic (exact) mass is 340 g/mol. The molecule has 0 radical (unpaired) electrons. The molecule has 1 aromatic carbocycles. The Morgan fingerprint density at radius 1 is 1.16 bits per heavy atom. The lowest BCUT2D eigenvalue weighted by molar-refractivity contribution is -0.125. The summed E-state index contributed by atoms with van der Waals surface area (Å²) in [7, 11) is 0. The van der Waals surface area contributed by atoms with Crippen LogP contribution in [-0.2, 0) is 4.79 Å². The Morgan fingerprint density at radius 3 is 2.72 bits per heavy atom. The molecule has 130 valence electrons. The van der Waals surface area contributed by atoms with E-state index >= 15 is 0 Å². The number of aromatic nitrogens is 2. The van der Waals surface area contributed by atoms with E-state index < -0.39 is 0 Å². The van der Waals surface area contributed by atoms with Crippen molar-refractivity contribution < 1.29 is 9.18 Å². The van der Waals surface area contributed by atoms with Crippen LogP contribution in [0.2, 0.25) is 0 Å². The first-order chi connectivity index (χ1) is 12.2. The molecule has 1 aliphatic heterocycles. The summed E-state index contributed by atoms with van der Waals surface area (Å²) in [6, 6.07) is 8.43. The summed E-state index contributed by atoms with van der Waals surface area (Å²) in [5.41, 5.74) is 0.781. The predicted molar refractivity (Wildman–Crippen MR) is 93.5 cm³/mol. The summed E-state index contributed by atoms with van der Waals surface area (Å²) in [4.78, 5) is 23.4. The Kier molecular flexibility index (Phi) is 4.34. The SMILES string of the molecule is O=C(NC1CC1)[C@H]1CCCN(c2ccnc(-c3ccc(F)cc3)n2)C1. The fourth-order valence-corrected chi connectivity index (χ4v) is 3.21. The van der Waals surface area contributed by atoms with Crippen LogP contribution in [-0.4, -0.2) is 35.0 Å². The van der Waals surface area contributed by atoms with Crippen LogP contribution in [0.15, 0.2) is 36.5 Å². The van der Waals surface area contributed by atoms with Gasteiger partial charge in [-0.15, -0.1) is 0 Å². The van der Waals surface area contributed by atoms with Gasteiger partial charge in [0.05, 0.1) is 5.92 Å². The molecular weight excluding hydrogens is 319 g/mol. The number of carbonyl (C=O) groups is 1. The van der Waals surface area contributed by atoms with Crippen LogP contribution in [0.25, 0.3) is 11.4 Å². The first-order valence-corrected chi connectivity index (χ1v) is 8.83. The van der Waals surface area contributed by atoms with Gasteiger partial charge < -0.3 is 10.2 Å². The molecule has 2 aromatic rings. The van der Waals surface area contributed by atoms with E-state index in [-0.39, 0.29) is 17.6 Å². The van der Waals surface area contributed by atoms with Gasteiger partial charge in [0, 0.05) is 30.9 Å². The summed E-state index contributed by atoms with van der Waals surface area (Å²) in [6.45, 7) is 1.56. The van der Waals surface area contributed by atoms with Gasteiger partial charge in [-0.3, -0.25) is 4.79 Å². The van der Waals surface area contributed by atoms with E-state index in [2.05, 4.69) is 20.2 Å². The van der Waals surface area contributed by atoms with Gasteiger partial charge in [0.15, 0.2) is 5.82 Å². The van der Waals surface area contributed by atoms with Crippen LogP contribution >= 0.6 is 0 Å². The van der Waals surface area contributed by atoms with Crippen LogP contribution in [0.4, 0.5) is 10.2 Å². The lowest BCUT2D eigenvalue weighted by atomic mass is 9.97. The van der Waals surface area contributed by atoms with Crippen molar-refractivity contribution in [2.75, 3.05) is 18.0 Å². The van der Waals surface area contributed by atoms with Crippen molar-refractivity contribution in [2.24, 2.45) is 5.92 Å². The Morgan fingerprint density at radius 2 is 1.96 bits per heavy atom. The van der Waals surface area contributed by atoms with Crippen LogP contribution in [0, 0.1) is 11.7 Å². The predicted octanol–water partition coefficient (Wildman–Crippen LogP) is 2.78. The highest BCUT2D eigenvalue weighted by Crippen LogP contribution is 2.25. The van der Waals surface area contributed by atoms with Crippen molar-refractivity contribution in [1.29, 1.82) is 0 Å². The highest BCUT2D eigenvalue weighted by molar-refractivity contribution is 5.80. The second-order valence-corrected chi connectivity index (χ2v) is 6.81. The third-order valence-corrected chi connectivity index (χ3v) is 4.78. The number of rotatable bonds is 4. The number of halogens is 1. The summed E-state index contributed by atoms with van der Waals surface area (Å²) in [5.74, 6) is 1.29. The Balaban J connectivity index is 1.49. The van der Waals surface area contributed by atoms with E-state index in [0.29, 0.717) is 18.4 Å². The van der Waals surface area contributed by atoms with Crippen LogP contribution < -0.4 is 10.2 Å². The summed E-state index contributed by atoms with van der Waals surface area (Å²) in [6.07, 6.45) is 5.82. The Hall–Kier alpha value is -2.50. The maximum Gasteiger partial charge on any atom is 0.225 e. The smallest absolute Gasteiger partial charge is 0.225 e. The van der Waals surface area contributed by atoms with Crippen molar-refractivity contribution >= 4 is 11.7 Å². The van der Waals surface area contributed by atoms with Gasteiger partial charge in [0.1, 0.15) is 11.6 Å². The first-order valence-electron chi connectivity index (χ1n) is 8.83. The van der Waals surface area contributed by atoms with Gasteiger partial charge in [0.25, 0.3) is 0 Å². The number of carbonyl (C=O) groups excluding carboxylic acids is 1. The summed E-state index contributed by atoms with van der Waals surface area (Å²) < 4.78 is 13.1. The molecule has 2 fully saturated rings. The summed E-state index contributed by atoms with van der Waals surface area (Å²) >= 11 is 0. The molecule has 0 unspecified atom stereocenters. The molecule has 4 rings (SSSR count). The normalized spacial score (nSPS) is 20.4. The van der Waals surface area contributed by atoms with Crippen LogP contribution in [0.3, 0.4) is 0 Å². The minimum Gasteiger partial charge on any atom is -0.356 e. The van der Waals surface area contributed by atoms with E-state index in [1.54, 1.807) is 18.3 Å². The van der Waals surface area contributed by atoms with Crippen molar-refractivity contribution in [2.45, 2.75) is 31.7 Å². The second kappa shape index (κ2) is 6.78. The van der Waals surface area contributed by atoms with Crippen molar-refractivity contribution in [1.82, 2.24) is 15.3 Å². The van der Waals surface area contributed by atoms with E-state index in [9.17, 15) is 9.18 Å². The minimum absolute atomic E-state index is 0.0126. The molecule has 2 heterocycles. The van der Waals surface area contributed by atoms with Crippen molar-refractivity contribution in [3.05, 3.63) is 42.3 Å². The number of hydrogen-bond donors (Lipinski definition) is 1. The minimum atomic E-state index is -0.277. The molecule has 1 atom stereocenters. The molecule has 1 aliphatic carbocycles. The molecule has 0 bridgehead atoms. The van der Waals surface area contributed by atoms with E-state index in [1.807, 2.05) is 6.07 Å². The zero-order chi connectivity index (χ0) is 17.2. The van der Waals surface area contributed by atoms with Crippen LogP contribution in [0.5, 0.6) is 0 Å². The molecule has 1 saturated heterocycles. The Labute approximate surface area is 146 Å². The Bertz CT molecular complexity index is 760. The van der Waals surface area contributed by atoms with Crippen LogP contribution in [0.1, 0.15) is 25.7 Å². The molecule has 0 spiro atoms. The van der Waals surface area contributed by atoms with Gasteiger partial charge >= 0.3 is 0 Å². The molecule has 6 heteroatoms. The van der Waals surface area contributed by atoms with Gasteiger partial charge in [-0.25, -0.2) is 14.4 Å². The highest BCUT2D eigenvalue weighted by Gasteiger charge is 2.30. The average molecular weight is 340 g/mol. The molecule has 1 N–H and O–H groups in total. The zero-order valence-corrected chi connectivity index (χ0v) is 14.0. The van der Waals surface area contributed by atoms with Gasteiger partial charge in [0.2, 0.25) is 5.91 Å². The number of piperidine rings is 1. The number of nitrogens with zero attached hydrogens (tertiary/aromatic N) is 3. The van der Waals surface area contributed by atoms with Gasteiger partial charge in [-0.2, -0.15) is 0 Å². The quantitative estimate of drug-likeness (QED) is 0.930. The number of amides is 1. The lowest BCUT2D eigenvalue weighted by Crippen LogP contribution is -2.44. The third kappa shape index (κ3) is 3.78. The second-order valence-electron chi connectivity index (χ2n) is 6.81. The average Bonchev–Trinajstić information content (AvgIpc) is 3.46. The standard InChI is InChI=1S/C19H21FN4O/c20-15-5-3-13(4-6-15)18-21-10-9-17(23-18)24-11-1-2-14(12-24)19(25)22-16-7-8-16/h3-6,9-10,14,16H,1-2,7-8,11-12H2,(H,22,25)/t14-/m0/s1. The molecule has 1 saturated carbocycles. The number of benzene rings is 1. The van der Waals surface area contributed by atoms with E-state index in [4.69, 9.17) is 0 Å². The fourth-order valence-electron chi connectivity index (χ4n) is 3.21. The third-order valence-electron chi connectivity index (χ3n) is 4.78. The first kappa shape index (κ1) is 16.0. The fraction of sp³-hybridized carbons (Fsp3) is 0.421.